The Kier molecular flexibility index (Phi) is 4.38. The Labute approximate surface area is 123 Å². The van der Waals surface area contributed by atoms with Gasteiger partial charge in [-0.2, -0.15) is 11.8 Å². The van der Waals surface area contributed by atoms with Crippen LogP contribution in [0.1, 0.15) is 34.3 Å². The van der Waals surface area contributed by atoms with Crippen molar-refractivity contribution in [2.75, 3.05) is 11.5 Å². The van der Waals surface area contributed by atoms with Crippen molar-refractivity contribution in [1.29, 1.82) is 0 Å². The number of hydrogen-bond acceptors (Lipinski definition) is 3. The van der Waals surface area contributed by atoms with Crippen LogP contribution in [0.2, 0.25) is 0 Å². The molecular weight excluding hydrogens is 274 g/mol. The fourth-order valence-corrected chi connectivity index (χ4v) is 3.57. The van der Waals surface area contributed by atoms with Gasteiger partial charge in [-0.05, 0) is 49.8 Å². The molecule has 0 unspecified atom stereocenters. The van der Waals surface area contributed by atoms with E-state index in [1.54, 1.807) is 17.8 Å². The van der Waals surface area contributed by atoms with Crippen LogP contribution in [0, 0.1) is 13.8 Å². The van der Waals surface area contributed by atoms with E-state index in [2.05, 4.69) is 5.32 Å². The molecule has 0 aromatic heterocycles. The lowest BCUT2D eigenvalue weighted by Crippen LogP contribution is -2.56. The van der Waals surface area contributed by atoms with E-state index in [0.717, 1.165) is 22.6 Å². The van der Waals surface area contributed by atoms with Gasteiger partial charge in [-0.1, -0.05) is 17.7 Å². The highest BCUT2D eigenvalue weighted by atomic mass is 32.2. The molecule has 1 amide bonds. The fourth-order valence-electron chi connectivity index (χ4n) is 2.38. The van der Waals surface area contributed by atoms with Gasteiger partial charge >= 0.3 is 5.97 Å². The standard InChI is InChI=1S/C15H19NO3S/c1-10-3-4-11(2)12(9-10)13(17)16-15(14(18)19)5-7-20-8-6-15/h3-4,9H,5-8H2,1-2H3,(H,16,17)(H,18,19). The predicted molar refractivity (Wildman–Crippen MR) is 80.3 cm³/mol. The summed E-state index contributed by atoms with van der Waals surface area (Å²) in [6, 6.07) is 5.63. The Morgan fingerprint density at radius 2 is 1.90 bits per heavy atom. The van der Waals surface area contributed by atoms with E-state index in [4.69, 9.17) is 0 Å². The predicted octanol–water partition coefficient (Wildman–Crippen LogP) is 2.38. The number of thioether (sulfide) groups is 1. The monoisotopic (exact) mass is 293 g/mol. The van der Waals surface area contributed by atoms with Gasteiger partial charge < -0.3 is 10.4 Å². The quantitative estimate of drug-likeness (QED) is 0.898. The minimum absolute atomic E-state index is 0.291. The van der Waals surface area contributed by atoms with Crippen molar-refractivity contribution in [2.45, 2.75) is 32.2 Å². The number of benzene rings is 1. The van der Waals surface area contributed by atoms with Crippen LogP contribution in [0.25, 0.3) is 0 Å². The Morgan fingerprint density at radius 1 is 1.25 bits per heavy atom. The van der Waals surface area contributed by atoms with E-state index in [1.165, 1.54) is 0 Å². The summed E-state index contributed by atoms with van der Waals surface area (Å²) in [5, 5.41) is 12.2. The van der Waals surface area contributed by atoms with Gasteiger partial charge in [0.25, 0.3) is 5.91 Å². The van der Waals surface area contributed by atoms with Gasteiger partial charge in [0.05, 0.1) is 0 Å². The lowest BCUT2D eigenvalue weighted by molar-refractivity contribution is -0.144. The summed E-state index contributed by atoms with van der Waals surface area (Å²) in [7, 11) is 0. The minimum Gasteiger partial charge on any atom is -0.480 e. The highest BCUT2D eigenvalue weighted by Crippen LogP contribution is 2.28. The highest BCUT2D eigenvalue weighted by molar-refractivity contribution is 7.99. The van der Waals surface area contributed by atoms with Crippen LogP contribution in [0.15, 0.2) is 18.2 Å². The van der Waals surface area contributed by atoms with Crippen molar-refractivity contribution in [3.63, 3.8) is 0 Å². The molecule has 2 N–H and O–H groups in total. The van der Waals surface area contributed by atoms with Crippen LogP contribution < -0.4 is 5.32 Å². The second-order valence-electron chi connectivity index (χ2n) is 5.27. The molecule has 1 fully saturated rings. The molecule has 2 rings (SSSR count). The molecule has 1 aliphatic rings. The van der Waals surface area contributed by atoms with Crippen molar-refractivity contribution >= 4 is 23.6 Å². The molecule has 1 aliphatic heterocycles. The number of carboxylic acid groups (broad SMARTS) is 1. The third-order valence-corrected chi connectivity index (χ3v) is 4.73. The molecule has 5 heteroatoms. The van der Waals surface area contributed by atoms with Crippen LogP contribution in [-0.4, -0.2) is 34.0 Å². The first kappa shape index (κ1) is 14.9. The smallest absolute Gasteiger partial charge is 0.329 e. The molecule has 0 aliphatic carbocycles. The summed E-state index contributed by atoms with van der Waals surface area (Å²) in [6.07, 6.45) is 0.952. The maximum absolute atomic E-state index is 12.4. The van der Waals surface area contributed by atoms with Gasteiger partial charge in [0, 0.05) is 5.56 Å². The molecule has 0 atom stereocenters. The van der Waals surface area contributed by atoms with Gasteiger partial charge in [0.2, 0.25) is 0 Å². The normalized spacial score (nSPS) is 17.5. The molecule has 1 heterocycles. The average Bonchev–Trinajstić information content (AvgIpc) is 2.42. The van der Waals surface area contributed by atoms with E-state index in [-0.39, 0.29) is 5.91 Å². The molecule has 20 heavy (non-hydrogen) atoms. The molecule has 4 nitrogen and oxygen atoms in total. The molecule has 1 aromatic carbocycles. The summed E-state index contributed by atoms with van der Waals surface area (Å²) in [5.41, 5.74) is 1.30. The number of aliphatic carboxylic acids is 1. The van der Waals surface area contributed by atoms with Crippen molar-refractivity contribution < 1.29 is 14.7 Å². The second-order valence-corrected chi connectivity index (χ2v) is 6.50. The van der Waals surface area contributed by atoms with E-state index in [0.29, 0.717) is 18.4 Å². The van der Waals surface area contributed by atoms with Crippen LogP contribution >= 0.6 is 11.8 Å². The van der Waals surface area contributed by atoms with Crippen molar-refractivity contribution in [2.24, 2.45) is 0 Å². The first-order chi connectivity index (χ1) is 9.44. The summed E-state index contributed by atoms with van der Waals surface area (Å²) in [5.74, 6) is 0.302. The maximum Gasteiger partial charge on any atom is 0.329 e. The van der Waals surface area contributed by atoms with Crippen molar-refractivity contribution in [1.82, 2.24) is 5.32 Å². The topological polar surface area (TPSA) is 66.4 Å². The third-order valence-electron chi connectivity index (χ3n) is 3.75. The maximum atomic E-state index is 12.4. The number of carbonyl (C=O) groups excluding carboxylic acids is 1. The SMILES string of the molecule is Cc1ccc(C)c(C(=O)NC2(C(=O)O)CCSCC2)c1. The summed E-state index contributed by atoms with van der Waals surface area (Å²) in [6.45, 7) is 3.78. The number of hydrogen-bond donors (Lipinski definition) is 2. The van der Waals surface area contributed by atoms with Gasteiger partial charge in [0.15, 0.2) is 0 Å². The van der Waals surface area contributed by atoms with E-state index < -0.39 is 11.5 Å². The largest absolute Gasteiger partial charge is 0.480 e. The van der Waals surface area contributed by atoms with E-state index in [9.17, 15) is 14.7 Å². The lowest BCUT2D eigenvalue weighted by atomic mass is 9.91. The molecule has 1 aromatic rings. The molecule has 0 bridgehead atoms. The van der Waals surface area contributed by atoms with Crippen LogP contribution in [0.4, 0.5) is 0 Å². The van der Waals surface area contributed by atoms with Crippen LogP contribution in [-0.2, 0) is 4.79 Å². The number of carboxylic acids is 1. The molecule has 1 saturated heterocycles. The number of rotatable bonds is 3. The molecule has 0 saturated carbocycles. The van der Waals surface area contributed by atoms with Crippen LogP contribution in [0.5, 0.6) is 0 Å². The Bertz CT molecular complexity index is 536. The van der Waals surface area contributed by atoms with E-state index >= 15 is 0 Å². The molecule has 0 radical (unpaired) electrons. The average molecular weight is 293 g/mol. The zero-order valence-corrected chi connectivity index (χ0v) is 12.5. The number of nitrogens with one attached hydrogen (secondary N) is 1. The van der Waals surface area contributed by atoms with Gasteiger partial charge in [-0.15, -0.1) is 0 Å². The zero-order valence-electron chi connectivity index (χ0n) is 11.7. The molecule has 108 valence electrons. The zero-order chi connectivity index (χ0) is 14.8. The summed E-state index contributed by atoms with van der Waals surface area (Å²) < 4.78 is 0. The second kappa shape index (κ2) is 5.87. The Balaban J connectivity index is 2.24. The van der Waals surface area contributed by atoms with Crippen molar-refractivity contribution in [3.05, 3.63) is 34.9 Å². The minimum atomic E-state index is -1.11. The number of amides is 1. The lowest BCUT2D eigenvalue weighted by Gasteiger charge is -2.33. The summed E-state index contributed by atoms with van der Waals surface area (Å²) >= 11 is 1.73. The van der Waals surface area contributed by atoms with Crippen LogP contribution in [0.3, 0.4) is 0 Å². The fraction of sp³-hybridized carbons (Fsp3) is 0.467. The van der Waals surface area contributed by atoms with Crippen molar-refractivity contribution in [3.8, 4) is 0 Å². The Hall–Kier alpha value is -1.49. The first-order valence-corrected chi connectivity index (χ1v) is 7.81. The van der Waals surface area contributed by atoms with Gasteiger partial charge in [-0.25, -0.2) is 4.79 Å². The third kappa shape index (κ3) is 2.98. The molecular formula is C15H19NO3S. The molecule has 0 spiro atoms. The number of aryl methyl sites for hydroxylation is 2. The van der Waals surface area contributed by atoms with Gasteiger partial charge in [-0.3, -0.25) is 4.79 Å². The number of carbonyl (C=O) groups is 2. The van der Waals surface area contributed by atoms with E-state index in [1.807, 2.05) is 26.0 Å². The van der Waals surface area contributed by atoms with Gasteiger partial charge in [0.1, 0.15) is 5.54 Å². The first-order valence-electron chi connectivity index (χ1n) is 6.65. The summed E-state index contributed by atoms with van der Waals surface area (Å²) in [4.78, 5) is 24.0. The highest BCUT2D eigenvalue weighted by Gasteiger charge is 2.41. The Morgan fingerprint density at radius 3 is 2.50 bits per heavy atom.